The van der Waals surface area contributed by atoms with Crippen LogP contribution in [0.3, 0.4) is 0 Å². The lowest BCUT2D eigenvalue weighted by Gasteiger charge is -2.84. The molecule has 0 aromatic carbocycles. The molecule has 25 heavy (non-hydrogen) atoms. The molecule has 20 nitrogen and oxygen atoms in total. The number of fused-ring (bicyclic) bond motifs is 11. The van der Waals surface area contributed by atoms with Crippen molar-refractivity contribution < 1.29 is 0 Å². The predicted molar refractivity (Wildman–Crippen MR) is 72.9 cm³/mol. The van der Waals surface area contributed by atoms with Gasteiger partial charge in [0.1, 0.15) is 0 Å². The molecular weight excluding hydrogens is 340 g/mol. The van der Waals surface area contributed by atoms with E-state index in [0.717, 1.165) is 6.54 Å². The van der Waals surface area contributed by atoms with Crippen LogP contribution in [0, 0.1) is 0 Å². The second kappa shape index (κ2) is 4.92. The van der Waals surface area contributed by atoms with Crippen LogP contribution in [-0.2, 0) is 0 Å². The maximum atomic E-state index is 3.09. The summed E-state index contributed by atoms with van der Waals surface area (Å²) in [5.74, 6) is 0. The molecule has 6 aliphatic heterocycles. The van der Waals surface area contributed by atoms with E-state index in [2.05, 4.69) is 33.2 Å². The van der Waals surface area contributed by atoms with E-state index in [4.69, 9.17) is 0 Å². The topological polar surface area (TPSA) is 118 Å². The molecule has 0 aromatic heterocycles. The van der Waals surface area contributed by atoms with Crippen LogP contribution >= 0.6 is 0 Å². The Balaban J connectivity index is 1.17. The maximum Gasteiger partial charge on any atom is 0.0308 e. The standard InChI is InChI=1S/C5H20N20/c1-5-15-14(4)16-10-11-19-18(9-7-6-8-17(15)16)22-23(19)25-21-13(3)12(2)20(21)24(22)25/h6-11H,5H2,1-4H3. The summed E-state index contributed by atoms with van der Waals surface area (Å²) in [5, 5.41) is 25.9. The van der Waals surface area contributed by atoms with Crippen LogP contribution in [0.4, 0.5) is 0 Å². The van der Waals surface area contributed by atoms with Crippen LogP contribution in [0.1, 0.15) is 6.92 Å². The lowest BCUT2D eigenvalue weighted by molar-refractivity contribution is -0.953. The van der Waals surface area contributed by atoms with Crippen molar-refractivity contribution in [3.63, 3.8) is 0 Å². The average molecular weight is 360 g/mol. The minimum atomic E-state index is 0.792. The molecule has 0 spiro atoms. The van der Waals surface area contributed by atoms with Gasteiger partial charge in [-0.25, -0.2) is 0 Å². The minimum Gasteiger partial charge on any atom is -0.163 e. The van der Waals surface area contributed by atoms with E-state index in [0.29, 0.717) is 0 Å². The van der Waals surface area contributed by atoms with Crippen LogP contribution in [-0.4, -0.2) is 100 Å². The highest BCUT2D eigenvalue weighted by molar-refractivity contribution is 4.69. The summed E-state index contributed by atoms with van der Waals surface area (Å²) in [5.41, 5.74) is 17.9. The highest BCUT2D eigenvalue weighted by atomic mass is 16.8. The van der Waals surface area contributed by atoms with Crippen LogP contribution in [0.25, 0.3) is 0 Å². The molecule has 6 saturated heterocycles. The van der Waals surface area contributed by atoms with Gasteiger partial charge < -0.3 is 0 Å². The second-order valence-electron chi connectivity index (χ2n) is 5.62. The normalized spacial score (nSPS) is 37.0. The predicted octanol–water partition coefficient (Wildman–Crippen LogP) is -6.38. The van der Waals surface area contributed by atoms with Crippen molar-refractivity contribution >= 4 is 0 Å². The Morgan fingerprint density at radius 3 is 1.64 bits per heavy atom. The summed E-state index contributed by atoms with van der Waals surface area (Å²) >= 11 is 0. The van der Waals surface area contributed by atoms with Gasteiger partial charge in [0.25, 0.3) is 0 Å². The zero-order chi connectivity index (χ0) is 17.0. The minimum absolute atomic E-state index is 0.792. The number of nitrogens with one attached hydrogen (secondary N) is 6. The first-order valence-electron chi connectivity index (χ1n) is 7.66. The molecule has 0 radical (unpaired) electrons. The van der Waals surface area contributed by atoms with Crippen molar-refractivity contribution in [1.29, 1.82) is 0 Å². The van der Waals surface area contributed by atoms with Gasteiger partial charge in [-0.1, -0.05) is 0 Å². The first kappa shape index (κ1) is 15.3. The van der Waals surface area contributed by atoms with Gasteiger partial charge in [-0.3, -0.25) is 0 Å². The van der Waals surface area contributed by atoms with Crippen molar-refractivity contribution in [3.05, 3.63) is 0 Å². The SMILES string of the molecule is CCN1N(C)N2NNN3N(NNNNN12)N1N3N2N3N(C)N(C)N3N12. The fourth-order valence-electron chi connectivity index (χ4n) is 3.14. The van der Waals surface area contributed by atoms with Crippen LogP contribution in [0.15, 0.2) is 0 Å². The van der Waals surface area contributed by atoms with E-state index in [1.54, 1.807) is 20.9 Å². The van der Waals surface area contributed by atoms with Crippen molar-refractivity contribution in [3.8, 4) is 0 Å². The molecule has 0 atom stereocenters. The highest BCUT2D eigenvalue weighted by Crippen LogP contribution is 2.49. The number of nitrogens with zero attached hydrogens (tertiary/aromatic N) is 14. The molecule has 20 heteroatoms. The molecule has 6 aliphatic rings. The smallest absolute Gasteiger partial charge is 0.0308 e. The quantitative estimate of drug-likeness (QED) is 0.266. The van der Waals surface area contributed by atoms with Gasteiger partial charge in [-0.2, -0.15) is 11.1 Å². The summed E-state index contributed by atoms with van der Waals surface area (Å²) in [6.07, 6.45) is 0. The molecular formula is C5H20N20. The van der Waals surface area contributed by atoms with Crippen LogP contribution in [0.5, 0.6) is 0 Å². The van der Waals surface area contributed by atoms with E-state index in [-0.39, 0.29) is 0 Å². The van der Waals surface area contributed by atoms with Gasteiger partial charge >= 0.3 is 0 Å². The largest absolute Gasteiger partial charge is 0.163 e. The molecule has 0 saturated carbocycles. The first-order valence-corrected chi connectivity index (χ1v) is 7.66. The molecule has 0 amide bonds. The molecule has 6 fully saturated rings. The van der Waals surface area contributed by atoms with E-state index in [1.807, 2.05) is 79.9 Å². The molecule has 0 bridgehead atoms. The summed E-state index contributed by atoms with van der Waals surface area (Å²) < 4.78 is 0. The summed E-state index contributed by atoms with van der Waals surface area (Å²) in [6, 6.07) is 0. The number of hydrogen-bond donors (Lipinski definition) is 6. The lowest BCUT2D eigenvalue weighted by atomic mass is 10.8. The van der Waals surface area contributed by atoms with Crippen molar-refractivity contribution in [2.45, 2.75) is 6.92 Å². The van der Waals surface area contributed by atoms with E-state index in [9.17, 15) is 0 Å². The summed E-state index contributed by atoms with van der Waals surface area (Å²) in [4.78, 5) is 0. The molecule has 6 N–H and O–H groups in total. The molecule has 140 valence electrons. The van der Waals surface area contributed by atoms with E-state index >= 15 is 0 Å². The Morgan fingerprint density at radius 1 is 0.520 bits per heavy atom. The third kappa shape index (κ3) is 1.58. The molecule has 6 heterocycles. The zero-order valence-corrected chi connectivity index (χ0v) is 14.0. The third-order valence-electron chi connectivity index (χ3n) is 4.49. The summed E-state index contributed by atoms with van der Waals surface area (Å²) in [7, 11) is 5.85. The maximum absolute atomic E-state index is 3.09. The Labute approximate surface area is 141 Å². The lowest BCUT2D eigenvalue weighted by Crippen LogP contribution is -3.14. The van der Waals surface area contributed by atoms with Gasteiger partial charge in [-0.05, 0) is 59.2 Å². The van der Waals surface area contributed by atoms with Gasteiger partial charge in [0.2, 0.25) is 0 Å². The van der Waals surface area contributed by atoms with E-state index in [1.165, 1.54) is 0 Å². The Morgan fingerprint density at radius 2 is 1.04 bits per heavy atom. The zero-order valence-electron chi connectivity index (χ0n) is 14.0. The Hall–Kier alpha value is -0.800. The monoisotopic (exact) mass is 360 g/mol. The van der Waals surface area contributed by atoms with Crippen molar-refractivity contribution in [1.82, 2.24) is 106 Å². The fraction of sp³-hybridized carbons (Fsp3) is 1.00. The first-order chi connectivity index (χ1) is 12.1. The third-order valence-corrected chi connectivity index (χ3v) is 4.49. The van der Waals surface area contributed by atoms with Crippen LogP contribution < -0.4 is 33.2 Å². The molecule has 0 aromatic rings. The van der Waals surface area contributed by atoms with Crippen molar-refractivity contribution in [2.24, 2.45) is 0 Å². The van der Waals surface area contributed by atoms with Gasteiger partial charge in [0.15, 0.2) is 0 Å². The Bertz CT molecular complexity index is 562. The molecule has 0 aliphatic carbocycles. The number of hydrazine groups is 25. The van der Waals surface area contributed by atoms with Gasteiger partial charge in [0, 0.05) is 27.7 Å². The summed E-state index contributed by atoms with van der Waals surface area (Å²) in [6.45, 7) is 2.84. The Kier molecular flexibility index (Phi) is 3.01. The fourth-order valence-corrected chi connectivity index (χ4v) is 3.14. The molecule has 6 rings (SSSR count). The van der Waals surface area contributed by atoms with Crippen LogP contribution in [0.2, 0.25) is 0 Å². The van der Waals surface area contributed by atoms with Gasteiger partial charge in [-0.15, -0.1) is 42.6 Å². The molecule has 0 unspecified atom stereocenters. The number of rotatable bonds is 1. The average Bonchev–Trinajstić information content (AvgIpc) is 2.59. The van der Waals surface area contributed by atoms with E-state index < -0.39 is 0 Å². The van der Waals surface area contributed by atoms with Gasteiger partial charge in [0.05, 0.1) is 0 Å². The number of hydrogen-bond acceptors (Lipinski definition) is 20. The highest BCUT2D eigenvalue weighted by Gasteiger charge is 2.80. The van der Waals surface area contributed by atoms with Crippen molar-refractivity contribution in [2.75, 3.05) is 27.7 Å². The second-order valence-corrected chi connectivity index (χ2v) is 5.62.